The minimum Gasteiger partial charge on any atom is -0.382 e. The summed E-state index contributed by atoms with van der Waals surface area (Å²) in [5, 5.41) is 2.92. The maximum Gasteiger partial charge on any atom is 0.240 e. The van der Waals surface area contributed by atoms with Crippen LogP contribution in [0.3, 0.4) is 0 Å². The lowest BCUT2D eigenvalue weighted by Crippen LogP contribution is -2.18. The summed E-state index contributed by atoms with van der Waals surface area (Å²) in [6.45, 7) is 3.98. The number of amides is 1. The molecule has 8 nitrogen and oxygen atoms in total. The number of nitrogens with zero attached hydrogens (tertiary/aromatic N) is 2. The fourth-order valence-corrected chi connectivity index (χ4v) is 3.99. The van der Waals surface area contributed by atoms with Crippen LogP contribution in [0, 0.1) is 0 Å². The fraction of sp³-hybridized carbons (Fsp3) is 0.364. The molecular formula is C22H28N4O4S. The summed E-state index contributed by atoms with van der Waals surface area (Å²) in [5.41, 5.74) is 2.68. The van der Waals surface area contributed by atoms with Gasteiger partial charge in [-0.3, -0.25) is 10.1 Å². The highest BCUT2D eigenvalue weighted by Crippen LogP contribution is 2.20. The number of aromatic nitrogens is 2. The number of anilines is 1. The number of benzene rings is 2. The number of hydrogen-bond acceptors (Lipinski definition) is 5. The Hall–Kier alpha value is -2.75. The Morgan fingerprint density at radius 1 is 1.13 bits per heavy atom. The number of hydrogen-bond donors (Lipinski definition) is 2. The molecule has 0 aliphatic heterocycles. The van der Waals surface area contributed by atoms with Crippen molar-refractivity contribution in [3.63, 3.8) is 0 Å². The van der Waals surface area contributed by atoms with Crippen molar-refractivity contribution in [3.8, 4) is 0 Å². The van der Waals surface area contributed by atoms with Crippen molar-refractivity contribution in [2.24, 2.45) is 0 Å². The van der Waals surface area contributed by atoms with E-state index in [1.807, 2.05) is 35.8 Å². The Morgan fingerprint density at radius 3 is 2.58 bits per heavy atom. The molecule has 2 aromatic carbocycles. The summed E-state index contributed by atoms with van der Waals surface area (Å²) in [5.74, 6) is 0.381. The Bertz CT molecular complexity index is 1120. The molecule has 1 amide bonds. The van der Waals surface area contributed by atoms with Crippen molar-refractivity contribution >= 4 is 32.9 Å². The van der Waals surface area contributed by atoms with E-state index >= 15 is 0 Å². The highest BCUT2D eigenvalue weighted by molar-refractivity contribution is 7.89. The lowest BCUT2D eigenvalue weighted by Gasteiger charge is -2.10. The first-order chi connectivity index (χ1) is 14.9. The topological polar surface area (TPSA) is 102 Å². The van der Waals surface area contributed by atoms with Crippen LogP contribution in [0.5, 0.6) is 0 Å². The molecule has 0 saturated carbocycles. The maximum absolute atomic E-state index is 12.6. The monoisotopic (exact) mass is 444 g/mol. The summed E-state index contributed by atoms with van der Waals surface area (Å²) < 4.78 is 33.3. The lowest BCUT2D eigenvalue weighted by atomic mass is 10.1. The molecule has 0 atom stereocenters. The molecule has 166 valence electrons. The van der Waals surface area contributed by atoms with Crippen LogP contribution in [0.1, 0.15) is 25.3 Å². The van der Waals surface area contributed by atoms with Crippen LogP contribution in [0.15, 0.2) is 53.4 Å². The van der Waals surface area contributed by atoms with Gasteiger partial charge in [-0.2, -0.15) is 0 Å². The van der Waals surface area contributed by atoms with E-state index in [-0.39, 0.29) is 17.2 Å². The zero-order valence-electron chi connectivity index (χ0n) is 17.8. The Morgan fingerprint density at radius 2 is 1.87 bits per heavy atom. The molecule has 3 rings (SSSR count). The van der Waals surface area contributed by atoms with Crippen molar-refractivity contribution in [2.75, 3.05) is 25.6 Å². The number of rotatable bonds is 11. The molecule has 31 heavy (non-hydrogen) atoms. The van der Waals surface area contributed by atoms with Gasteiger partial charge in [-0.1, -0.05) is 24.3 Å². The highest BCUT2D eigenvalue weighted by Gasteiger charge is 2.14. The molecule has 0 saturated heterocycles. The van der Waals surface area contributed by atoms with Gasteiger partial charge in [-0.25, -0.2) is 18.1 Å². The number of nitrogens with one attached hydrogen (secondary N) is 2. The standard InChI is InChI=1S/C22H28N4O4S/c1-3-30-16-6-15-26-20-8-5-4-7-19(20)24-22(26)25-21(27)14-11-17-9-12-18(13-10-17)31(28,29)23-2/h4-5,7-10,12-13,23H,3,6,11,14-16H2,1-2H3,(H,24,25,27). The molecule has 9 heteroatoms. The van der Waals surface area contributed by atoms with Gasteiger partial charge in [0.1, 0.15) is 0 Å². The smallest absolute Gasteiger partial charge is 0.240 e. The van der Waals surface area contributed by atoms with Gasteiger partial charge >= 0.3 is 0 Å². The first kappa shape index (κ1) is 22.9. The van der Waals surface area contributed by atoms with Crippen LogP contribution < -0.4 is 10.0 Å². The molecule has 0 bridgehead atoms. The van der Waals surface area contributed by atoms with Gasteiger partial charge in [-0.05, 0) is 56.6 Å². The van der Waals surface area contributed by atoms with Gasteiger partial charge in [0.05, 0.1) is 15.9 Å². The van der Waals surface area contributed by atoms with Crippen LogP contribution >= 0.6 is 0 Å². The third kappa shape index (κ3) is 5.90. The van der Waals surface area contributed by atoms with Gasteiger partial charge in [0, 0.05) is 26.2 Å². The van der Waals surface area contributed by atoms with Crippen molar-refractivity contribution in [2.45, 2.75) is 37.6 Å². The minimum absolute atomic E-state index is 0.145. The minimum atomic E-state index is -3.47. The SMILES string of the molecule is CCOCCCn1c(NC(=O)CCc2ccc(S(=O)(=O)NC)cc2)nc2ccccc21. The van der Waals surface area contributed by atoms with E-state index in [0.29, 0.717) is 32.1 Å². The van der Waals surface area contributed by atoms with Crippen LogP contribution in [0.25, 0.3) is 11.0 Å². The second-order valence-electron chi connectivity index (χ2n) is 7.03. The molecule has 0 aliphatic rings. The van der Waals surface area contributed by atoms with Gasteiger partial charge in [0.25, 0.3) is 0 Å². The van der Waals surface area contributed by atoms with Crippen molar-refractivity contribution in [3.05, 3.63) is 54.1 Å². The summed E-state index contributed by atoms with van der Waals surface area (Å²) >= 11 is 0. The second kappa shape index (κ2) is 10.5. The highest BCUT2D eigenvalue weighted by atomic mass is 32.2. The third-order valence-electron chi connectivity index (χ3n) is 4.92. The number of fused-ring (bicyclic) bond motifs is 1. The Balaban J connectivity index is 1.64. The van der Waals surface area contributed by atoms with Gasteiger partial charge in [0.2, 0.25) is 21.9 Å². The second-order valence-corrected chi connectivity index (χ2v) is 8.91. The van der Waals surface area contributed by atoms with Crippen molar-refractivity contribution in [1.82, 2.24) is 14.3 Å². The van der Waals surface area contributed by atoms with Gasteiger partial charge < -0.3 is 9.30 Å². The molecule has 0 radical (unpaired) electrons. The van der Waals surface area contributed by atoms with E-state index in [4.69, 9.17) is 4.74 Å². The Labute approximate surface area is 182 Å². The van der Waals surface area contributed by atoms with Crippen molar-refractivity contribution < 1.29 is 17.9 Å². The molecule has 0 unspecified atom stereocenters. The average molecular weight is 445 g/mol. The van der Waals surface area contributed by atoms with Crippen molar-refractivity contribution in [1.29, 1.82) is 0 Å². The van der Waals surface area contributed by atoms with E-state index in [1.165, 1.54) is 19.2 Å². The molecule has 0 spiro atoms. The zero-order chi connectivity index (χ0) is 22.3. The molecule has 1 aromatic heterocycles. The van der Waals surface area contributed by atoms with E-state index in [1.54, 1.807) is 12.1 Å². The average Bonchev–Trinajstić information content (AvgIpc) is 3.12. The molecule has 3 aromatic rings. The predicted molar refractivity (Wildman–Crippen MR) is 120 cm³/mol. The predicted octanol–water partition coefficient (Wildman–Crippen LogP) is 2.94. The summed E-state index contributed by atoms with van der Waals surface area (Å²) in [6.07, 6.45) is 1.58. The van der Waals surface area contributed by atoms with Crippen LogP contribution in [0.4, 0.5) is 5.95 Å². The number of carbonyl (C=O) groups is 1. The molecule has 0 aliphatic carbocycles. The first-order valence-corrected chi connectivity index (χ1v) is 11.8. The van der Waals surface area contributed by atoms with Crippen LogP contribution in [0.2, 0.25) is 0 Å². The van der Waals surface area contributed by atoms with Gasteiger partial charge in [0.15, 0.2) is 0 Å². The summed E-state index contributed by atoms with van der Waals surface area (Å²) in [4.78, 5) is 17.3. The number of ether oxygens (including phenoxy) is 1. The largest absolute Gasteiger partial charge is 0.382 e. The quantitative estimate of drug-likeness (QED) is 0.443. The molecule has 2 N–H and O–H groups in total. The molecule has 1 heterocycles. The summed E-state index contributed by atoms with van der Waals surface area (Å²) in [6, 6.07) is 14.3. The van der Waals surface area contributed by atoms with E-state index < -0.39 is 10.0 Å². The summed E-state index contributed by atoms with van der Waals surface area (Å²) in [7, 11) is -2.09. The third-order valence-corrected chi connectivity index (χ3v) is 6.35. The first-order valence-electron chi connectivity index (χ1n) is 10.3. The van der Waals surface area contributed by atoms with Crippen LogP contribution in [-0.4, -0.2) is 44.1 Å². The number of imidazole rings is 1. The Kier molecular flexibility index (Phi) is 7.78. The van der Waals surface area contributed by atoms with E-state index in [2.05, 4.69) is 15.0 Å². The number of aryl methyl sites for hydroxylation is 2. The van der Waals surface area contributed by atoms with E-state index in [0.717, 1.165) is 23.0 Å². The number of para-hydroxylation sites is 2. The zero-order valence-corrected chi connectivity index (χ0v) is 18.6. The van der Waals surface area contributed by atoms with E-state index in [9.17, 15) is 13.2 Å². The number of carbonyl (C=O) groups excluding carboxylic acids is 1. The maximum atomic E-state index is 12.6. The van der Waals surface area contributed by atoms with Gasteiger partial charge in [-0.15, -0.1) is 0 Å². The lowest BCUT2D eigenvalue weighted by molar-refractivity contribution is -0.116. The number of sulfonamides is 1. The van der Waals surface area contributed by atoms with Crippen LogP contribution in [-0.2, 0) is 32.5 Å². The normalized spacial score (nSPS) is 11.7. The molecular weight excluding hydrogens is 416 g/mol. The fourth-order valence-electron chi connectivity index (χ4n) is 3.26. The molecule has 0 fully saturated rings.